The van der Waals surface area contributed by atoms with Gasteiger partial charge < -0.3 is 10.2 Å². The standard InChI is InChI=1S/C7H13NO3S.Na/c1-5(9)8-6(7(10)11)3-4-12-2;/h6H,3-4H2,1-2H3,(H,8,9)(H,10,11);/q;+1/p-1. The van der Waals surface area contributed by atoms with Crippen LogP contribution in [0.2, 0.25) is 0 Å². The molecule has 1 atom stereocenters. The fraction of sp³-hybridized carbons (Fsp3) is 0.714. The molecule has 0 aromatic heterocycles. The monoisotopic (exact) mass is 213 g/mol. The van der Waals surface area contributed by atoms with Crippen LogP contribution >= 0.6 is 11.8 Å². The molecule has 0 rings (SSSR count). The Labute approximate surface area is 104 Å². The van der Waals surface area contributed by atoms with Gasteiger partial charge in [0.15, 0.2) is 0 Å². The first-order valence-electron chi connectivity index (χ1n) is 3.51. The Morgan fingerprint density at radius 1 is 1.69 bits per heavy atom. The molecule has 0 saturated heterocycles. The molecule has 0 spiro atoms. The van der Waals surface area contributed by atoms with E-state index in [-0.39, 0.29) is 29.6 Å². The summed E-state index contributed by atoms with van der Waals surface area (Å²) in [5, 5.41) is 19.1. The summed E-state index contributed by atoms with van der Waals surface area (Å²) in [5.41, 5.74) is 0. The van der Waals surface area contributed by atoms with Gasteiger partial charge in [-0.2, -0.15) is 11.8 Å². The molecule has 0 aliphatic rings. The van der Waals surface area contributed by atoms with Crippen LogP contribution in [-0.4, -0.2) is 35.0 Å². The van der Waals surface area contributed by atoms with Crippen molar-refractivity contribution in [3.8, 4) is 0 Å². The van der Waals surface area contributed by atoms with E-state index in [0.717, 1.165) is 0 Å². The van der Waals surface area contributed by atoms with E-state index >= 15 is 0 Å². The van der Waals surface area contributed by atoms with Crippen molar-refractivity contribution in [1.82, 2.24) is 0 Å². The number of carbonyl (C=O) groups is 1. The first-order chi connectivity index (χ1) is 5.57. The number of hydrogen-bond donors (Lipinski definition) is 1. The molecule has 0 fully saturated rings. The zero-order valence-corrected chi connectivity index (χ0v) is 10.9. The van der Waals surface area contributed by atoms with Crippen LogP contribution in [0.1, 0.15) is 13.3 Å². The Balaban J connectivity index is 0. The van der Waals surface area contributed by atoms with Crippen LogP contribution in [0, 0.1) is 0 Å². The zero-order valence-electron chi connectivity index (χ0n) is 8.11. The number of carboxylic acid groups (broad SMARTS) is 1. The van der Waals surface area contributed by atoms with Gasteiger partial charge in [0.2, 0.25) is 0 Å². The number of aliphatic imine (C=N–C) groups is 1. The van der Waals surface area contributed by atoms with Gasteiger partial charge in [0.05, 0.1) is 0 Å². The van der Waals surface area contributed by atoms with Crippen LogP contribution < -0.4 is 34.7 Å². The van der Waals surface area contributed by atoms with E-state index in [4.69, 9.17) is 5.11 Å². The fourth-order valence-corrected chi connectivity index (χ4v) is 1.15. The van der Waals surface area contributed by atoms with Gasteiger partial charge in [0.25, 0.3) is 0 Å². The third-order valence-corrected chi connectivity index (χ3v) is 1.86. The van der Waals surface area contributed by atoms with E-state index in [9.17, 15) is 9.90 Å². The van der Waals surface area contributed by atoms with Crippen LogP contribution in [-0.2, 0) is 4.79 Å². The molecule has 0 radical (unpaired) electrons. The van der Waals surface area contributed by atoms with Crippen molar-refractivity contribution in [3.63, 3.8) is 0 Å². The number of rotatable bonds is 5. The van der Waals surface area contributed by atoms with Crippen molar-refractivity contribution in [2.24, 2.45) is 4.99 Å². The zero-order chi connectivity index (χ0) is 9.56. The van der Waals surface area contributed by atoms with Crippen molar-refractivity contribution in [2.75, 3.05) is 12.0 Å². The van der Waals surface area contributed by atoms with E-state index in [2.05, 4.69) is 4.99 Å². The van der Waals surface area contributed by atoms with Crippen molar-refractivity contribution >= 4 is 23.6 Å². The molecule has 0 heterocycles. The van der Waals surface area contributed by atoms with Gasteiger partial charge in [-0.15, -0.1) is 0 Å². The maximum absolute atomic E-state index is 10.5. The number of thioether (sulfide) groups is 1. The molecule has 6 heteroatoms. The Bertz CT molecular complexity index is 183. The summed E-state index contributed by atoms with van der Waals surface area (Å²) < 4.78 is 0. The fourth-order valence-electron chi connectivity index (χ4n) is 0.692. The molecule has 4 nitrogen and oxygen atoms in total. The maximum atomic E-state index is 10.5. The van der Waals surface area contributed by atoms with E-state index < -0.39 is 17.9 Å². The molecule has 0 aromatic rings. The van der Waals surface area contributed by atoms with Crippen LogP contribution in [0.4, 0.5) is 0 Å². The second-order valence-electron chi connectivity index (χ2n) is 2.28. The molecule has 0 amide bonds. The third-order valence-electron chi connectivity index (χ3n) is 1.22. The van der Waals surface area contributed by atoms with E-state index in [1.165, 1.54) is 18.7 Å². The minimum absolute atomic E-state index is 0. The smallest absolute Gasteiger partial charge is 0.862 e. The van der Waals surface area contributed by atoms with Crippen molar-refractivity contribution in [1.29, 1.82) is 0 Å². The molecule has 0 aromatic carbocycles. The van der Waals surface area contributed by atoms with Crippen LogP contribution in [0.3, 0.4) is 0 Å². The molecule has 0 saturated carbocycles. The summed E-state index contributed by atoms with van der Waals surface area (Å²) in [5.74, 6) is -0.754. The Morgan fingerprint density at radius 2 is 2.23 bits per heavy atom. The molecule has 13 heavy (non-hydrogen) atoms. The molecule has 0 bridgehead atoms. The third kappa shape index (κ3) is 8.62. The molecule has 1 unspecified atom stereocenters. The van der Waals surface area contributed by atoms with Crippen molar-refractivity contribution in [3.05, 3.63) is 0 Å². The summed E-state index contributed by atoms with van der Waals surface area (Å²) in [7, 11) is 0. The minimum Gasteiger partial charge on any atom is -0.862 e. The predicted molar refractivity (Wildman–Crippen MR) is 47.5 cm³/mol. The van der Waals surface area contributed by atoms with Crippen molar-refractivity contribution in [2.45, 2.75) is 19.4 Å². The van der Waals surface area contributed by atoms with Gasteiger partial charge in [0.1, 0.15) is 6.04 Å². The Morgan fingerprint density at radius 3 is 2.54 bits per heavy atom. The van der Waals surface area contributed by atoms with Gasteiger partial charge in [-0.3, -0.25) is 4.99 Å². The van der Waals surface area contributed by atoms with Gasteiger partial charge >= 0.3 is 35.5 Å². The number of aliphatic carboxylic acids is 1. The van der Waals surface area contributed by atoms with Crippen LogP contribution in [0.25, 0.3) is 0 Å². The van der Waals surface area contributed by atoms with Crippen LogP contribution in [0.5, 0.6) is 0 Å². The Kier molecular flexibility index (Phi) is 10.7. The van der Waals surface area contributed by atoms with Gasteiger partial charge in [-0.05, 0) is 31.3 Å². The van der Waals surface area contributed by atoms with Gasteiger partial charge in [-0.1, -0.05) is 0 Å². The van der Waals surface area contributed by atoms with E-state index in [1.807, 2.05) is 6.26 Å². The molecule has 0 aliphatic carbocycles. The molecular weight excluding hydrogens is 201 g/mol. The summed E-state index contributed by atoms with van der Waals surface area (Å²) in [6.45, 7) is 1.26. The normalized spacial score (nSPS) is 13.2. The number of carboxylic acids is 1. The summed E-state index contributed by atoms with van der Waals surface area (Å²) in [6.07, 6.45) is 2.29. The average Bonchev–Trinajstić information content (AvgIpc) is 1.96. The predicted octanol–water partition coefficient (Wildman–Crippen LogP) is -3.02. The largest absolute Gasteiger partial charge is 1.00 e. The molecular formula is C7H12NNaO3S. The summed E-state index contributed by atoms with van der Waals surface area (Å²) >= 11 is 1.54. The number of hydrogen-bond acceptors (Lipinski definition) is 4. The van der Waals surface area contributed by atoms with E-state index in [0.29, 0.717) is 12.2 Å². The second kappa shape index (κ2) is 8.87. The molecule has 1 N–H and O–H groups in total. The topological polar surface area (TPSA) is 72.7 Å². The summed E-state index contributed by atoms with van der Waals surface area (Å²) in [4.78, 5) is 13.9. The first-order valence-corrected chi connectivity index (χ1v) is 4.90. The molecule has 0 aliphatic heterocycles. The summed E-state index contributed by atoms with van der Waals surface area (Å²) in [6, 6.07) is -0.866. The van der Waals surface area contributed by atoms with Crippen LogP contribution in [0.15, 0.2) is 4.99 Å². The second-order valence-corrected chi connectivity index (χ2v) is 3.27. The average molecular weight is 213 g/mol. The number of nitrogens with zero attached hydrogens (tertiary/aromatic N) is 1. The van der Waals surface area contributed by atoms with Gasteiger partial charge in [0, 0.05) is 0 Å². The van der Waals surface area contributed by atoms with E-state index in [1.54, 1.807) is 0 Å². The van der Waals surface area contributed by atoms with Crippen molar-refractivity contribution < 1.29 is 44.6 Å². The molecule has 70 valence electrons. The Hall–Kier alpha value is 0.290. The quantitative estimate of drug-likeness (QED) is 0.300. The SMILES string of the molecule is CSCCC(N=C(C)[O-])C(=O)O.[Na+]. The van der Waals surface area contributed by atoms with Gasteiger partial charge in [-0.25, -0.2) is 4.79 Å². The maximum Gasteiger partial charge on any atom is 1.00 e. The minimum atomic E-state index is -1.03. The first kappa shape index (κ1) is 15.7.